The van der Waals surface area contributed by atoms with Gasteiger partial charge in [0.2, 0.25) is 0 Å². The smallest absolute Gasteiger partial charge is 0.133 e. The van der Waals surface area contributed by atoms with Gasteiger partial charge >= 0.3 is 0 Å². The maximum absolute atomic E-state index is 5.90. The first-order chi connectivity index (χ1) is 7.34. The molecule has 1 aliphatic rings. The average molecular weight is 201 g/mol. The van der Waals surface area contributed by atoms with Gasteiger partial charge in [-0.05, 0) is 36.6 Å². The molecule has 0 spiro atoms. The normalized spacial score (nSPS) is 19.0. The molecule has 2 heteroatoms. The van der Waals surface area contributed by atoms with E-state index in [0.717, 1.165) is 12.1 Å². The third-order valence-corrected chi connectivity index (χ3v) is 3.77. The predicted molar refractivity (Wildman–Crippen MR) is 60.8 cm³/mol. The second-order valence-electron chi connectivity index (χ2n) is 4.51. The highest BCUT2D eigenvalue weighted by atomic mass is 16.3. The van der Waals surface area contributed by atoms with Crippen molar-refractivity contribution >= 4 is 11.0 Å². The highest BCUT2D eigenvalue weighted by Crippen LogP contribution is 2.43. The summed E-state index contributed by atoms with van der Waals surface area (Å²) in [5.74, 6) is 0. The molecule has 1 aromatic heterocycles. The molecule has 1 aliphatic carbocycles. The molecular formula is C13H15NO. The van der Waals surface area contributed by atoms with E-state index in [1.165, 1.54) is 30.2 Å². The van der Waals surface area contributed by atoms with E-state index >= 15 is 0 Å². The fourth-order valence-electron chi connectivity index (χ4n) is 2.51. The van der Waals surface area contributed by atoms with E-state index in [2.05, 4.69) is 18.2 Å². The van der Waals surface area contributed by atoms with Crippen molar-refractivity contribution in [1.29, 1.82) is 0 Å². The Labute approximate surface area is 89.1 Å². The van der Waals surface area contributed by atoms with Crippen molar-refractivity contribution in [1.82, 2.24) is 0 Å². The Kier molecular flexibility index (Phi) is 1.86. The van der Waals surface area contributed by atoms with Crippen LogP contribution in [-0.2, 0) is 5.41 Å². The van der Waals surface area contributed by atoms with Gasteiger partial charge in [0.05, 0.1) is 6.26 Å². The van der Waals surface area contributed by atoms with Crippen LogP contribution >= 0.6 is 0 Å². The molecule has 0 unspecified atom stereocenters. The first-order valence-corrected chi connectivity index (χ1v) is 5.52. The molecule has 78 valence electrons. The van der Waals surface area contributed by atoms with Crippen LogP contribution in [0.1, 0.15) is 24.8 Å². The van der Waals surface area contributed by atoms with E-state index in [4.69, 9.17) is 10.2 Å². The zero-order valence-electron chi connectivity index (χ0n) is 8.70. The van der Waals surface area contributed by atoms with Gasteiger partial charge in [-0.25, -0.2) is 0 Å². The van der Waals surface area contributed by atoms with Crippen molar-refractivity contribution in [2.75, 3.05) is 6.54 Å². The van der Waals surface area contributed by atoms with Crippen molar-refractivity contribution in [2.24, 2.45) is 5.73 Å². The summed E-state index contributed by atoms with van der Waals surface area (Å²) < 4.78 is 5.34. The van der Waals surface area contributed by atoms with Crippen LogP contribution in [0.25, 0.3) is 11.0 Å². The Morgan fingerprint density at radius 3 is 2.80 bits per heavy atom. The summed E-state index contributed by atoms with van der Waals surface area (Å²) in [4.78, 5) is 0. The van der Waals surface area contributed by atoms with Crippen molar-refractivity contribution < 1.29 is 4.42 Å². The number of nitrogens with two attached hydrogens (primary N) is 1. The Hall–Kier alpha value is -1.28. The molecule has 1 fully saturated rings. The fourth-order valence-corrected chi connectivity index (χ4v) is 2.51. The Bertz CT molecular complexity index is 476. The second-order valence-corrected chi connectivity index (χ2v) is 4.51. The summed E-state index contributed by atoms with van der Waals surface area (Å²) in [6.45, 7) is 0.760. The highest BCUT2D eigenvalue weighted by molar-refractivity contribution is 5.78. The predicted octanol–water partition coefficient (Wildman–Crippen LogP) is 2.81. The summed E-state index contributed by atoms with van der Waals surface area (Å²) in [7, 11) is 0. The number of hydrogen-bond donors (Lipinski definition) is 1. The zero-order chi connectivity index (χ0) is 10.3. The van der Waals surface area contributed by atoms with Crippen molar-refractivity contribution in [3.63, 3.8) is 0 Å². The van der Waals surface area contributed by atoms with Crippen LogP contribution in [0.15, 0.2) is 34.9 Å². The summed E-state index contributed by atoms with van der Waals surface area (Å²) in [6.07, 6.45) is 5.50. The fraction of sp³-hybridized carbons (Fsp3) is 0.385. The van der Waals surface area contributed by atoms with E-state index in [1.54, 1.807) is 6.26 Å². The van der Waals surface area contributed by atoms with Gasteiger partial charge in [-0.1, -0.05) is 12.5 Å². The molecule has 0 radical (unpaired) electrons. The van der Waals surface area contributed by atoms with Crippen molar-refractivity contribution in [3.05, 3.63) is 36.1 Å². The maximum Gasteiger partial charge on any atom is 0.133 e. The number of rotatable bonds is 2. The maximum atomic E-state index is 5.90. The van der Waals surface area contributed by atoms with Gasteiger partial charge in [-0.3, -0.25) is 0 Å². The largest absolute Gasteiger partial charge is 0.464 e. The zero-order valence-corrected chi connectivity index (χ0v) is 8.70. The molecule has 1 aromatic carbocycles. The van der Waals surface area contributed by atoms with E-state index in [1.807, 2.05) is 6.07 Å². The number of hydrogen-bond acceptors (Lipinski definition) is 2. The van der Waals surface area contributed by atoms with Crippen LogP contribution in [0, 0.1) is 0 Å². The Morgan fingerprint density at radius 2 is 2.13 bits per heavy atom. The monoisotopic (exact) mass is 201 g/mol. The molecule has 2 nitrogen and oxygen atoms in total. The van der Waals surface area contributed by atoms with Crippen LogP contribution in [0.2, 0.25) is 0 Å². The first kappa shape index (κ1) is 8.98. The summed E-state index contributed by atoms with van der Waals surface area (Å²) in [5.41, 5.74) is 8.50. The summed E-state index contributed by atoms with van der Waals surface area (Å²) >= 11 is 0. The van der Waals surface area contributed by atoms with Crippen molar-refractivity contribution in [2.45, 2.75) is 24.7 Å². The van der Waals surface area contributed by atoms with Gasteiger partial charge in [0.25, 0.3) is 0 Å². The molecule has 2 aromatic rings. The van der Waals surface area contributed by atoms with Crippen LogP contribution in [0.5, 0.6) is 0 Å². The minimum atomic E-state index is 0.255. The third-order valence-electron chi connectivity index (χ3n) is 3.77. The second kappa shape index (κ2) is 3.11. The molecule has 0 amide bonds. The van der Waals surface area contributed by atoms with Crippen LogP contribution in [0.3, 0.4) is 0 Å². The number of benzene rings is 1. The standard InChI is InChI=1S/C13H15NO/c14-9-13(5-1-6-13)11-2-3-12-10(8-11)4-7-15-12/h2-4,7-8H,1,5-6,9,14H2. The van der Waals surface area contributed by atoms with E-state index in [0.29, 0.717) is 0 Å². The van der Waals surface area contributed by atoms with Gasteiger partial charge in [-0.2, -0.15) is 0 Å². The lowest BCUT2D eigenvalue weighted by molar-refractivity contribution is 0.253. The molecule has 1 heterocycles. The third kappa shape index (κ3) is 1.21. The number of fused-ring (bicyclic) bond motifs is 1. The Balaban J connectivity index is 2.10. The van der Waals surface area contributed by atoms with Gasteiger partial charge < -0.3 is 10.2 Å². The molecule has 2 N–H and O–H groups in total. The highest BCUT2D eigenvalue weighted by Gasteiger charge is 2.37. The Morgan fingerprint density at radius 1 is 1.27 bits per heavy atom. The van der Waals surface area contributed by atoms with E-state index in [-0.39, 0.29) is 5.41 Å². The lowest BCUT2D eigenvalue weighted by Crippen LogP contribution is -2.41. The lowest BCUT2D eigenvalue weighted by atomic mass is 9.64. The van der Waals surface area contributed by atoms with Gasteiger partial charge in [-0.15, -0.1) is 0 Å². The lowest BCUT2D eigenvalue weighted by Gasteiger charge is -2.41. The quantitative estimate of drug-likeness (QED) is 0.811. The van der Waals surface area contributed by atoms with Gasteiger partial charge in [0.1, 0.15) is 5.58 Å². The van der Waals surface area contributed by atoms with Gasteiger partial charge in [0.15, 0.2) is 0 Å². The SMILES string of the molecule is NCC1(c2ccc3occc3c2)CCC1. The average Bonchev–Trinajstić information content (AvgIpc) is 2.64. The van der Waals surface area contributed by atoms with Crippen LogP contribution in [0.4, 0.5) is 0 Å². The molecule has 1 saturated carbocycles. The van der Waals surface area contributed by atoms with Crippen LogP contribution < -0.4 is 5.73 Å². The molecule has 0 saturated heterocycles. The molecule has 0 aliphatic heterocycles. The number of furan rings is 1. The van der Waals surface area contributed by atoms with E-state index in [9.17, 15) is 0 Å². The minimum Gasteiger partial charge on any atom is -0.464 e. The van der Waals surface area contributed by atoms with Gasteiger partial charge in [0, 0.05) is 17.3 Å². The molecular weight excluding hydrogens is 186 g/mol. The minimum absolute atomic E-state index is 0.255. The molecule has 15 heavy (non-hydrogen) atoms. The summed E-state index contributed by atoms with van der Waals surface area (Å²) in [6, 6.07) is 8.46. The van der Waals surface area contributed by atoms with Crippen molar-refractivity contribution in [3.8, 4) is 0 Å². The molecule has 3 rings (SSSR count). The van der Waals surface area contributed by atoms with Crippen LogP contribution in [-0.4, -0.2) is 6.54 Å². The molecule has 0 atom stereocenters. The summed E-state index contributed by atoms with van der Waals surface area (Å²) in [5, 5.41) is 1.19. The first-order valence-electron chi connectivity index (χ1n) is 5.52. The topological polar surface area (TPSA) is 39.2 Å². The van der Waals surface area contributed by atoms with E-state index < -0.39 is 0 Å². The molecule has 0 bridgehead atoms.